The average molecular weight is 178 g/mol. The van der Waals surface area contributed by atoms with E-state index in [1.807, 2.05) is 4.90 Å². The third-order valence-electron chi connectivity index (χ3n) is 1.55. The van der Waals surface area contributed by atoms with Gasteiger partial charge in [-0.3, -0.25) is 9.69 Å². The van der Waals surface area contributed by atoms with E-state index >= 15 is 0 Å². The second kappa shape index (κ2) is 4.04. The summed E-state index contributed by atoms with van der Waals surface area (Å²) in [6.45, 7) is 4.16. The van der Waals surface area contributed by atoms with Crippen molar-refractivity contribution in [3.63, 3.8) is 0 Å². The summed E-state index contributed by atoms with van der Waals surface area (Å²) >= 11 is 5.72. The minimum atomic E-state index is -0.247. The second-order valence-electron chi connectivity index (χ2n) is 2.72. The smallest absolute Gasteiger partial charge is 0.143 e. The standard InChI is InChI=1S/C7H12ClNO2/c1-6(10)4-9-2-3-11-7(8)5-9/h7H,2-5H2,1H3. The van der Waals surface area contributed by atoms with E-state index < -0.39 is 0 Å². The number of carbonyl (C=O) groups is 1. The summed E-state index contributed by atoms with van der Waals surface area (Å²) in [5, 5.41) is 0. The lowest BCUT2D eigenvalue weighted by Gasteiger charge is -2.28. The lowest BCUT2D eigenvalue weighted by Crippen LogP contribution is -2.42. The summed E-state index contributed by atoms with van der Waals surface area (Å²) in [6.07, 6.45) is 0. The van der Waals surface area contributed by atoms with Gasteiger partial charge >= 0.3 is 0 Å². The number of hydrogen-bond acceptors (Lipinski definition) is 3. The van der Waals surface area contributed by atoms with Gasteiger partial charge in [0.2, 0.25) is 0 Å². The summed E-state index contributed by atoms with van der Waals surface area (Å²) in [7, 11) is 0. The monoisotopic (exact) mass is 177 g/mol. The Morgan fingerprint density at radius 1 is 1.82 bits per heavy atom. The summed E-state index contributed by atoms with van der Waals surface area (Å²) in [5.41, 5.74) is -0.247. The van der Waals surface area contributed by atoms with Crippen molar-refractivity contribution in [2.45, 2.75) is 12.5 Å². The molecule has 0 spiro atoms. The van der Waals surface area contributed by atoms with Crippen LogP contribution in [0.15, 0.2) is 0 Å². The number of halogens is 1. The van der Waals surface area contributed by atoms with Crippen LogP contribution in [0.4, 0.5) is 0 Å². The van der Waals surface area contributed by atoms with E-state index in [0.717, 1.165) is 6.54 Å². The van der Waals surface area contributed by atoms with Crippen molar-refractivity contribution >= 4 is 17.4 Å². The molecule has 0 saturated carbocycles. The molecule has 0 aromatic carbocycles. The topological polar surface area (TPSA) is 29.5 Å². The Morgan fingerprint density at radius 2 is 2.55 bits per heavy atom. The van der Waals surface area contributed by atoms with Gasteiger partial charge in [0.15, 0.2) is 0 Å². The zero-order valence-corrected chi connectivity index (χ0v) is 7.30. The first-order valence-electron chi connectivity index (χ1n) is 3.66. The first kappa shape index (κ1) is 8.97. The summed E-state index contributed by atoms with van der Waals surface area (Å²) in [4.78, 5) is 12.7. The fourth-order valence-electron chi connectivity index (χ4n) is 1.12. The first-order chi connectivity index (χ1) is 5.18. The van der Waals surface area contributed by atoms with E-state index in [2.05, 4.69) is 0 Å². The third-order valence-corrected chi connectivity index (χ3v) is 1.82. The molecule has 1 heterocycles. The average Bonchev–Trinajstić information content (AvgIpc) is 1.85. The van der Waals surface area contributed by atoms with Crippen molar-refractivity contribution in [2.75, 3.05) is 26.2 Å². The highest BCUT2D eigenvalue weighted by Gasteiger charge is 2.18. The van der Waals surface area contributed by atoms with Crippen LogP contribution in [-0.2, 0) is 9.53 Å². The van der Waals surface area contributed by atoms with E-state index in [1.165, 1.54) is 0 Å². The molecule has 11 heavy (non-hydrogen) atoms. The number of nitrogens with zero attached hydrogens (tertiary/aromatic N) is 1. The first-order valence-corrected chi connectivity index (χ1v) is 4.09. The highest BCUT2D eigenvalue weighted by molar-refractivity contribution is 6.19. The van der Waals surface area contributed by atoms with Crippen molar-refractivity contribution in [3.05, 3.63) is 0 Å². The van der Waals surface area contributed by atoms with E-state index in [-0.39, 0.29) is 11.3 Å². The van der Waals surface area contributed by atoms with Gasteiger partial charge in [-0.2, -0.15) is 0 Å². The van der Waals surface area contributed by atoms with Crippen molar-refractivity contribution in [1.82, 2.24) is 4.90 Å². The molecule has 64 valence electrons. The number of alkyl halides is 1. The van der Waals surface area contributed by atoms with Gasteiger partial charge in [-0.25, -0.2) is 0 Å². The number of ketones is 1. The maximum Gasteiger partial charge on any atom is 0.143 e. The van der Waals surface area contributed by atoms with Gasteiger partial charge in [-0.1, -0.05) is 11.6 Å². The van der Waals surface area contributed by atoms with Crippen LogP contribution in [0, 0.1) is 0 Å². The molecule has 1 atom stereocenters. The van der Waals surface area contributed by atoms with Crippen molar-refractivity contribution < 1.29 is 9.53 Å². The minimum Gasteiger partial charge on any atom is -0.360 e. The number of ether oxygens (including phenoxy) is 1. The van der Waals surface area contributed by atoms with Crippen LogP contribution >= 0.6 is 11.6 Å². The Kier molecular flexibility index (Phi) is 3.30. The lowest BCUT2D eigenvalue weighted by atomic mass is 10.3. The molecular weight excluding hydrogens is 166 g/mol. The molecule has 0 amide bonds. The highest BCUT2D eigenvalue weighted by atomic mass is 35.5. The molecule has 0 aromatic heterocycles. The molecule has 1 saturated heterocycles. The minimum absolute atomic E-state index is 0.177. The lowest BCUT2D eigenvalue weighted by molar-refractivity contribution is -0.119. The van der Waals surface area contributed by atoms with Crippen LogP contribution < -0.4 is 0 Å². The number of hydrogen-bond donors (Lipinski definition) is 0. The zero-order valence-electron chi connectivity index (χ0n) is 6.55. The van der Waals surface area contributed by atoms with Gasteiger partial charge in [0.05, 0.1) is 13.2 Å². The van der Waals surface area contributed by atoms with E-state index in [0.29, 0.717) is 19.7 Å². The Hall–Kier alpha value is -0.120. The SMILES string of the molecule is CC(=O)CN1CCOC(Cl)C1. The number of rotatable bonds is 2. The molecule has 1 aliphatic heterocycles. The molecular formula is C7H12ClNO2. The largest absolute Gasteiger partial charge is 0.360 e. The predicted molar refractivity (Wildman–Crippen MR) is 42.7 cm³/mol. The highest BCUT2D eigenvalue weighted by Crippen LogP contribution is 2.07. The predicted octanol–water partition coefficient (Wildman–Crippen LogP) is 0.472. The Bertz CT molecular complexity index is 151. The Labute approximate surface area is 71.3 Å². The van der Waals surface area contributed by atoms with E-state index in [1.54, 1.807) is 6.92 Å². The Balaban J connectivity index is 2.28. The summed E-state index contributed by atoms with van der Waals surface area (Å²) in [5.74, 6) is 0.177. The van der Waals surface area contributed by atoms with Crippen LogP contribution in [0.25, 0.3) is 0 Å². The van der Waals surface area contributed by atoms with Crippen LogP contribution in [0.3, 0.4) is 0 Å². The van der Waals surface area contributed by atoms with Crippen LogP contribution in [0.2, 0.25) is 0 Å². The number of carbonyl (C=O) groups excluding carboxylic acids is 1. The maximum atomic E-state index is 10.7. The molecule has 0 radical (unpaired) electrons. The van der Waals surface area contributed by atoms with Crippen molar-refractivity contribution in [2.24, 2.45) is 0 Å². The maximum absolute atomic E-state index is 10.7. The molecule has 1 aliphatic rings. The summed E-state index contributed by atoms with van der Waals surface area (Å²) < 4.78 is 5.10. The molecule has 0 N–H and O–H groups in total. The molecule has 4 heteroatoms. The van der Waals surface area contributed by atoms with E-state index in [9.17, 15) is 4.79 Å². The number of Topliss-reactive ketones (excluding diaryl/α,β-unsaturated/α-hetero) is 1. The normalized spacial score (nSPS) is 26.9. The second-order valence-corrected chi connectivity index (χ2v) is 3.20. The zero-order chi connectivity index (χ0) is 8.27. The third kappa shape index (κ3) is 3.18. The van der Waals surface area contributed by atoms with Crippen molar-refractivity contribution in [1.29, 1.82) is 0 Å². The van der Waals surface area contributed by atoms with Gasteiger partial charge in [-0.05, 0) is 6.92 Å². The van der Waals surface area contributed by atoms with Gasteiger partial charge in [0.1, 0.15) is 11.3 Å². The molecule has 1 rings (SSSR count). The fraction of sp³-hybridized carbons (Fsp3) is 0.857. The van der Waals surface area contributed by atoms with E-state index in [4.69, 9.17) is 16.3 Å². The van der Waals surface area contributed by atoms with Crippen LogP contribution in [0.5, 0.6) is 0 Å². The van der Waals surface area contributed by atoms with Gasteiger partial charge in [-0.15, -0.1) is 0 Å². The fourth-order valence-corrected chi connectivity index (χ4v) is 1.40. The molecule has 1 fully saturated rings. The van der Waals surface area contributed by atoms with Crippen molar-refractivity contribution in [3.8, 4) is 0 Å². The Morgan fingerprint density at radius 3 is 3.09 bits per heavy atom. The molecule has 3 nitrogen and oxygen atoms in total. The number of morpholine rings is 1. The molecule has 1 unspecified atom stereocenters. The quantitative estimate of drug-likeness (QED) is 0.575. The molecule has 0 bridgehead atoms. The van der Waals surface area contributed by atoms with Gasteiger partial charge < -0.3 is 4.74 Å². The molecule has 0 aromatic rings. The summed E-state index contributed by atoms with van der Waals surface area (Å²) in [6, 6.07) is 0. The van der Waals surface area contributed by atoms with Crippen LogP contribution in [-0.4, -0.2) is 42.5 Å². The van der Waals surface area contributed by atoms with Gasteiger partial charge in [0, 0.05) is 13.1 Å². The van der Waals surface area contributed by atoms with Crippen LogP contribution in [0.1, 0.15) is 6.92 Å². The van der Waals surface area contributed by atoms with Gasteiger partial charge in [0.25, 0.3) is 0 Å². The molecule has 0 aliphatic carbocycles.